The molecule has 0 aromatic rings. The van der Waals surface area contributed by atoms with E-state index < -0.39 is 0 Å². The Kier molecular flexibility index (Phi) is 4.94. The standard InChI is InChI=1S/C12H26N2S/c1-5-14(11(2)8-13(3)4)9-12(10-15)6-7-12/h11,15H,5-10H2,1-4H3. The van der Waals surface area contributed by atoms with Gasteiger partial charge in [0.15, 0.2) is 0 Å². The Balaban J connectivity index is 2.41. The van der Waals surface area contributed by atoms with Crippen molar-refractivity contribution in [1.29, 1.82) is 0 Å². The van der Waals surface area contributed by atoms with Gasteiger partial charge in [0.05, 0.1) is 0 Å². The molecule has 0 spiro atoms. The van der Waals surface area contributed by atoms with Gasteiger partial charge in [-0.25, -0.2) is 0 Å². The van der Waals surface area contributed by atoms with Gasteiger partial charge in [0.2, 0.25) is 0 Å². The number of rotatable bonds is 7. The lowest BCUT2D eigenvalue weighted by atomic mass is 10.1. The van der Waals surface area contributed by atoms with Gasteiger partial charge in [-0.2, -0.15) is 12.6 Å². The lowest BCUT2D eigenvalue weighted by Gasteiger charge is -2.32. The van der Waals surface area contributed by atoms with Gasteiger partial charge in [-0.15, -0.1) is 0 Å². The highest BCUT2D eigenvalue weighted by Crippen LogP contribution is 2.47. The Labute approximate surface area is 100 Å². The predicted octanol–water partition coefficient (Wildman–Crippen LogP) is 1.97. The quantitative estimate of drug-likeness (QED) is 0.668. The average Bonchev–Trinajstić information content (AvgIpc) is 2.93. The predicted molar refractivity (Wildman–Crippen MR) is 70.8 cm³/mol. The van der Waals surface area contributed by atoms with Crippen LogP contribution in [0.25, 0.3) is 0 Å². The van der Waals surface area contributed by atoms with Crippen LogP contribution in [0.3, 0.4) is 0 Å². The van der Waals surface area contributed by atoms with Crippen molar-refractivity contribution in [3.8, 4) is 0 Å². The molecular weight excluding hydrogens is 204 g/mol. The molecule has 0 heterocycles. The van der Waals surface area contributed by atoms with Crippen LogP contribution in [0.1, 0.15) is 26.7 Å². The van der Waals surface area contributed by atoms with Gasteiger partial charge in [0, 0.05) is 19.1 Å². The fourth-order valence-electron chi connectivity index (χ4n) is 2.20. The molecule has 90 valence electrons. The molecule has 0 amide bonds. The van der Waals surface area contributed by atoms with Gasteiger partial charge in [0.25, 0.3) is 0 Å². The van der Waals surface area contributed by atoms with Gasteiger partial charge in [-0.1, -0.05) is 6.92 Å². The summed E-state index contributed by atoms with van der Waals surface area (Å²) in [5, 5.41) is 0. The number of nitrogens with zero attached hydrogens (tertiary/aromatic N) is 2. The van der Waals surface area contributed by atoms with Crippen molar-refractivity contribution in [2.24, 2.45) is 5.41 Å². The van der Waals surface area contributed by atoms with Crippen molar-refractivity contribution in [3.05, 3.63) is 0 Å². The zero-order chi connectivity index (χ0) is 11.5. The fourth-order valence-corrected chi connectivity index (χ4v) is 2.61. The van der Waals surface area contributed by atoms with Crippen molar-refractivity contribution in [2.45, 2.75) is 32.7 Å². The maximum absolute atomic E-state index is 4.48. The van der Waals surface area contributed by atoms with E-state index in [1.165, 1.54) is 19.4 Å². The molecule has 3 heteroatoms. The first-order chi connectivity index (χ1) is 7.03. The van der Waals surface area contributed by atoms with Crippen LogP contribution in [0, 0.1) is 5.41 Å². The minimum atomic E-state index is 0.555. The zero-order valence-electron chi connectivity index (χ0n) is 10.7. The van der Waals surface area contributed by atoms with Crippen molar-refractivity contribution in [2.75, 3.05) is 39.5 Å². The highest BCUT2D eigenvalue weighted by molar-refractivity contribution is 7.80. The molecule has 15 heavy (non-hydrogen) atoms. The highest BCUT2D eigenvalue weighted by Gasteiger charge is 2.42. The molecule has 1 saturated carbocycles. The second kappa shape index (κ2) is 5.55. The summed E-state index contributed by atoms with van der Waals surface area (Å²) in [7, 11) is 4.30. The molecule has 1 aliphatic rings. The van der Waals surface area contributed by atoms with E-state index in [0.29, 0.717) is 11.5 Å². The molecule has 0 aliphatic heterocycles. The second-order valence-corrected chi connectivity index (χ2v) is 5.65. The van der Waals surface area contributed by atoms with E-state index >= 15 is 0 Å². The second-order valence-electron chi connectivity index (χ2n) is 5.33. The maximum Gasteiger partial charge on any atom is 0.0194 e. The summed E-state index contributed by atoms with van der Waals surface area (Å²) in [5.41, 5.74) is 0.555. The Morgan fingerprint density at radius 1 is 1.33 bits per heavy atom. The third kappa shape index (κ3) is 3.97. The largest absolute Gasteiger partial charge is 0.308 e. The first-order valence-electron chi connectivity index (χ1n) is 6.02. The van der Waals surface area contributed by atoms with Crippen LogP contribution in [-0.2, 0) is 0 Å². The molecule has 1 fully saturated rings. The Morgan fingerprint density at radius 3 is 2.27 bits per heavy atom. The van der Waals surface area contributed by atoms with Crippen molar-refractivity contribution in [3.63, 3.8) is 0 Å². The Bertz CT molecular complexity index is 190. The van der Waals surface area contributed by atoms with Crippen LogP contribution in [0.2, 0.25) is 0 Å². The van der Waals surface area contributed by atoms with Crippen LogP contribution >= 0.6 is 12.6 Å². The highest BCUT2D eigenvalue weighted by atomic mass is 32.1. The third-order valence-electron chi connectivity index (χ3n) is 3.49. The number of thiol groups is 1. The van der Waals surface area contributed by atoms with Gasteiger partial charge in [-0.3, -0.25) is 4.90 Å². The lowest BCUT2D eigenvalue weighted by molar-refractivity contribution is 0.156. The molecular formula is C12H26N2S. The fraction of sp³-hybridized carbons (Fsp3) is 1.00. The lowest BCUT2D eigenvalue weighted by Crippen LogP contribution is -2.43. The van der Waals surface area contributed by atoms with E-state index in [1.807, 2.05) is 0 Å². The topological polar surface area (TPSA) is 6.48 Å². The summed E-state index contributed by atoms with van der Waals surface area (Å²) in [5.74, 6) is 1.05. The van der Waals surface area contributed by atoms with Gasteiger partial charge in [-0.05, 0) is 51.6 Å². The van der Waals surface area contributed by atoms with E-state index in [4.69, 9.17) is 0 Å². The van der Waals surface area contributed by atoms with E-state index in [-0.39, 0.29) is 0 Å². The first-order valence-corrected chi connectivity index (χ1v) is 6.66. The van der Waals surface area contributed by atoms with Crippen LogP contribution in [0.15, 0.2) is 0 Å². The molecule has 0 bridgehead atoms. The smallest absolute Gasteiger partial charge is 0.0194 e. The monoisotopic (exact) mass is 230 g/mol. The van der Waals surface area contributed by atoms with Crippen LogP contribution in [-0.4, -0.2) is 55.3 Å². The number of hydrogen-bond acceptors (Lipinski definition) is 3. The molecule has 0 saturated heterocycles. The van der Waals surface area contributed by atoms with E-state index in [2.05, 4.69) is 50.4 Å². The SMILES string of the molecule is CCN(CC1(CS)CC1)C(C)CN(C)C. The number of hydrogen-bond donors (Lipinski definition) is 1. The van der Waals surface area contributed by atoms with Crippen molar-refractivity contribution >= 4 is 12.6 Å². The van der Waals surface area contributed by atoms with Gasteiger partial charge >= 0.3 is 0 Å². The minimum Gasteiger partial charge on any atom is -0.308 e. The molecule has 1 rings (SSSR count). The van der Waals surface area contributed by atoms with Gasteiger partial charge in [0.1, 0.15) is 0 Å². The summed E-state index contributed by atoms with van der Waals surface area (Å²) in [6.07, 6.45) is 2.75. The summed E-state index contributed by atoms with van der Waals surface area (Å²) in [4.78, 5) is 4.87. The normalized spacial score (nSPS) is 21.0. The van der Waals surface area contributed by atoms with Crippen molar-refractivity contribution in [1.82, 2.24) is 9.80 Å². The van der Waals surface area contributed by atoms with Crippen LogP contribution < -0.4 is 0 Å². The summed E-state index contributed by atoms with van der Waals surface area (Å²) < 4.78 is 0. The molecule has 1 atom stereocenters. The van der Waals surface area contributed by atoms with Crippen LogP contribution in [0.4, 0.5) is 0 Å². The van der Waals surface area contributed by atoms with Gasteiger partial charge < -0.3 is 4.90 Å². The van der Waals surface area contributed by atoms with E-state index in [1.54, 1.807) is 0 Å². The van der Waals surface area contributed by atoms with E-state index in [0.717, 1.165) is 18.8 Å². The average molecular weight is 230 g/mol. The van der Waals surface area contributed by atoms with Crippen LogP contribution in [0.5, 0.6) is 0 Å². The molecule has 0 radical (unpaired) electrons. The molecule has 2 nitrogen and oxygen atoms in total. The molecule has 1 aliphatic carbocycles. The molecule has 0 aromatic carbocycles. The molecule has 0 aromatic heterocycles. The zero-order valence-corrected chi connectivity index (χ0v) is 11.6. The molecule has 1 unspecified atom stereocenters. The van der Waals surface area contributed by atoms with E-state index in [9.17, 15) is 0 Å². The van der Waals surface area contributed by atoms with Crippen molar-refractivity contribution < 1.29 is 0 Å². The Morgan fingerprint density at radius 2 is 1.93 bits per heavy atom. The summed E-state index contributed by atoms with van der Waals surface area (Å²) in [6.45, 7) is 8.14. The summed E-state index contributed by atoms with van der Waals surface area (Å²) in [6, 6.07) is 0.655. The third-order valence-corrected chi connectivity index (χ3v) is 4.16. The first kappa shape index (κ1) is 13.3. The maximum atomic E-state index is 4.48. The number of likely N-dealkylation sites (N-methyl/N-ethyl adjacent to an activating group) is 2. The Hall–Kier alpha value is 0.270. The summed E-state index contributed by atoms with van der Waals surface area (Å²) >= 11 is 4.48. The minimum absolute atomic E-state index is 0.555. The molecule has 0 N–H and O–H groups in total.